The van der Waals surface area contributed by atoms with Crippen LogP contribution in [0.1, 0.15) is 36.7 Å². The molecule has 0 radical (unpaired) electrons. The fraction of sp³-hybridized carbons (Fsp3) is 0.263. The Morgan fingerprint density at radius 1 is 0.964 bits per heavy atom. The minimum Gasteiger partial charge on any atom is -0.304 e. The number of benzene rings is 2. The van der Waals surface area contributed by atoms with Crippen LogP contribution in [0.3, 0.4) is 0 Å². The van der Waals surface area contributed by atoms with E-state index in [0.29, 0.717) is 17.2 Å². The van der Waals surface area contributed by atoms with E-state index in [1.807, 2.05) is 0 Å². The molecule has 2 aromatic rings. The van der Waals surface area contributed by atoms with Gasteiger partial charge in [-0.25, -0.2) is 28.4 Å². The van der Waals surface area contributed by atoms with E-state index in [-0.39, 0.29) is 5.56 Å². The number of nitrogens with one attached hydrogen (secondary N) is 2. The zero-order valence-corrected chi connectivity index (χ0v) is 16.4. The van der Waals surface area contributed by atoms with Crippen LogP contribution in [0.2, 0.25) is 5.02 Å². The largest absolute Gasteiger partial charge is 0.338 e. The van der Waals surface area contributed by atoms with Crippen LogP contribution in [-0.4, -0.2) is 22.5 Å². The molecule has 0 aliphatic rings. The van der Waals surface area contributed by atoms with E-state index in [2.05, 4.69) is 10.7 Å². The van der Waals surface area contributed by atoms with Gasteiger partial charge in [0.2, 0.25) is 0 Å². The van der Waals surface area contributed by atoms with E-state index in [0.717, 1.165) is 10.6 Å². The number of halogens is 4. The van der Waals surface area contributed by atoms with Gasteiger partial charge in [0.15, 0.2) is 11.6 Å². The average molecular weight is 414 g/mol. The van der Waals surface area contributed by atoms with Gasteiger partial charge in [-0.3, -0.25) is 4.79 Å². The molecule has 28 heavy (non-hydrogen) atoms. The summed E-state index contributed by atoms with van der Waals surface area (Å²) in [6.07, 6.45) is 0. The minimum absolute atomic E-state index is 0.235. The molecular weight excluding hydrogens is 395 g/mol. The fourth-order valence-corrected chi connectivity index (χ4v) is 2.67. The number of hydrazine groups is 1. The summed E-state index contributed by atoms with van der Waals surface area (Å²) in [5.74, 6) is -4.42. The number of hydrogen-bond donors (Lipinski definition) is 2. The molecule has 0 unspecified atom stereocenters. The Morgan fingerprint density at radius 2 is 1.57 bits per heavy atom. The summed E-state index contributed by atoms with van der Waals surface area (Å²) >= 11 is 5.99. The molecule has 0 saturated heterocycles. The van der Waals surface area contributed by atoms with Crippen LogP contribution in [0.25, 0.3) is 0 Å². The first-order chi connectivity index (χ1) is 12.9. The fourth-order valence-electron chi connectivity index (χ4n) is 2.38. The van der Waals surface area contributed by atoms with Gasteiger partial charge in [0.25, 0.3) is 5.91 Å². The maximum absolute atomic E-state index is 13.7. The lowest BCUT2D eigenvalue weighted by Crippen LogP contribution is -2.56. The maximum atomic E-state index is 13.7. The van der Waals surface area contributed by atoms with Crippen molar-refractivity contribution in [2.75, 3.05) is 5.32 Å². The SMILES string of the molecule is Cc1cc(Cl)cc(C(=O)N(NC(=O)Nc2cc(F)c(F)cc2F)C(C)(C)C)c1. The third-order valence-corrected chi connectivity index (χ3v) is 3.85. The third kappa shape index (κ3) is 5.16. The molecular formula is C19H19ClF3N3O2. The van der Waals surface area contributed by atoms with Crippen molar-refractivity contribution >= 4 is 29.2 Å². The first-order valence-electron chi connectivity index (χ1n) is 8.22. The second-order valence-corrected chi connectivity index (χ2v) is 7.58. The molecule has 0 fully saturated rings. The molecule has 2 aromatic carbocycles. The third-order valence-electron chi connectivity index (χ3n) is 3.63. The predicted octanol–water partition coefficient (Wildman–Crippen LogP) is 5.04. The molecule has 3 amide bonds. The highest BCUT2D eigenvalue weighted by molar-refractivity contribution is 6.31. The van der Waals surface area contributed by atoms with Crippen molar-refractivity contribution in [3.05, 3.63) is 63.9 Å². The normalized spacial score (nSPS) is 11.1. The number of hydrogen-bond acceptors (Lipinski definition) is 2. The van der Waals surface area contributed by atoms with Crippen molar-refractivity contribution in [3.63, 3.8) is 0 Å². The second kappa shape index (κ2) is 8.10. The monoisotopic (exact) mass is 413 g/mol. The maximum Gasteiger partial charge on any atom is 0.338 e. The molecule has 9 heteroatoms. The molecule has 0 atom stereocenters. The van der Waals surface area contributed by atoms with E-state index in [4.69, 9.17) is 11.6 Å². The number of aryl methyl sites for hydroxylation is 1. The van der Waals surface area contributed by atoms with Crippen molar-refractivity contribution in [2.45, 2.75) is 33.2 Å². The zero-order valence-electron chi connectivity index (χ0n) is 15.7. The van der Waals surface area contributed by atoms with Crippen LogP contribution in [0.4, 0.5) is 23.7 Å². The van der Waals surface area contributed by atoms with E-state index in [1.54, 1.807) is 39.8 Å². The van der Waals surface area contributed by atoms with Gasteiger partial charge >= 0.3 is 6.03 Å². The Hall–Kier alpha value is -2.74. The summed E-state index contributed by atoms with van der Waals surface area (Å²) in [5, 5.41) is 3.44. The first kappa shape index (κ1) is 21.6. The van der Waals surface area contributed by atoms with E-state index in [9.17, 15) is 22.8 Å². The smallest absolute Gasteiger partial charge is 0.304 e. The van der Waals surface area contributed by atoms with Crippen molar-refractivity contribution in [3.8, 4) is 0 Å². The number of amides is 3. The summed E-state index contributed by atoms with van der Waals surface area (Å²) in [7, 11) is 0. The molecule has 0 saturated carbocycles. The molecule has 0 bridgehead atoms. The van der Waals surface area contributed by atoms with Gasteiger partial charge in [0, 0.05) is 22.7 Å². The average Bonchev–Trinajstić information content (AvgIpc) is 2.55. The van der Waals surface area contributed by atoms with Gasteiger partial charge in [-0.1, -0.05) is 11.6 Å². The number of anilines is 1. The Balaban J connectivity index is 2.26. The van der Waals surface area contributed by atoms with Gasteiger partial charge in [-0.2, -0.15) is 0 Å². The molecule has 0 spiro atoms. The number of rotatable bonds is 2. The van der Waals surface area contributed by atoms with Crippen LogP contribution in [0.5, 0.6) is 0 Å². The molecule has 150 valence electrons. The quantitative estimate of drug-likeness (QED) is 0.535. The summed E-state index contributed by atoms with van der Waals surface area (Å²) in [6, 6.07) is 4.53. The summed E-state index contributed by atoms with van der Waals surface area (Å²) < 4.78 is 40.0. The van der Waals surface area contributed by atoms with E-state index >= 15 is 0 Å². The van der Waals surface area contributed by atoms with Gasteiger partial charge in [-0.15, -0.1) is 0 Å². The van der Waals surface area contributed by atoms with Gasteiger partial charge in [0.1, 0.15) is 5.82 Å². The van der Waals surface area contributed by atoms with E-state index in [1.165, 1.54) is 6.07 Å². The number of nitrogens with zero attached hydrogens (tertiary/aromatic N) is 1. The van der Waals surface area contributed by atoms with Crippen molar-refractivity contribution in [2.24, 2.45) is 0 Å². The highest BCUT2D eigenvalue weighted by atomic mass is 35.5. The lowest BCUT2D eigenvalue weighted by Gasteiger charge is -2.35. The molecule has 2 rings (SSSR count). The number of carbonyl (C=O) groups excluding carboxylic acids is 2. The Labute approximate surface area is 165 Å². The van der Waals surface area contributed by atoms with Crippen LogP contribution in [-0.2, 0) is 0 Å². The van der Waals surface area contributed by atoms with Crippen molar-refractivity contribution in [1.82, 2.24) is 10.4 Å². The Bertz CT molecular complexity index is 909. The highest BCUT2D eigenvalue weighted by Gasteiger charge is 2.30. The zero-order chi connectivity index (χ0) is 21.2. The second-order valence-electron chi connectivity index (χ2n) is 7.14. The summed E-state index contributed by atoms with van der Waals surface area (Å²) in [4.78, 5) is 25.2. The molecule has 0 aromatic heterocycles. The number of carbonyl (C=O) groups is 2. The van der Waals surface area contributed by atoms with Crippen LogP contribution in [0.15, 0.2) is 30.3 Å². The van der Waals surface area contributed by atoms with E-state index < -0.39 is 40.6 Å². The lowest BCUT2D eigenvalue weighted by atomic mass is 10.1. The van der Waals surface area contributed by atoms with Gasteiger partial charge in [-0.05, 0) is 51.5 Å². The van der Waals surface area contributed by atoms with Crippen molar-refractivity contribution in [1.29, 1.82) is 0 Å². The first-order valence-corrected chi connectivity index (χ1v) is 8.60. The minimum atomic E-state index is -1.38. The molecule has 0 aliphatic heterocycles. The topological polar surface area (TPSA) is 61.4 Å². The van der Waals surface area contributed by atoms with Crippen LogP contribution in [0, 0.1) is 24.4 Å². The van der Waals surface area contributed by atoms with Crippen molar-refractivity contribution < 1.29 is 22.8 Å². The van der Waals surface area contributed by atoms with Gasteiger partial charge < -0.3 is 5.32 Å². The lowest BCUT2D eigenvalue weighted by molar-refractivity contribution is 0.0460. The highest BCUT2D eigenvalue weighted by Crippen LogP contribution is 2.21. The summed E-state index contributed by atoms with van der Waals surface area (Å²) in [5.41, 5.74) is 1.86. The number of urea groups is 1. The summed E-state index contributed by atoms with van der Waals surface area (Å²) in [6.45, 7) is 6.76. The molecule has 5 nitrogen and oxygen atoms in total. The molecule has 2 N–H and O–H groups in total. The van der Waals surface area contributed by atoms with Crippen LogP contribution >= 0.6 is 11.6 Å². The van der Waals surface area contributed by atoms with Crippen LogP contribution < -0.4 is 10.7 Å². The molecule has 0 heterocycles. The predicted molar refractivity (Wildman–Crippen MR) is 101 cm³/mol. The van der Waals surface area contributed by atoms with Gasteiger partial charge in [0.05, 0.1) is 11.2 Å². The Kier molecular flexibility index (Phi) is 6.23. The molecule has 0 aliphatic carbocycles. The Morgan fingerprint density at radius 3 is 2.14 bits per heavy atom. The standard InChI is InChI=1S/C19H19ClF3N3O2/c1-10-5-11(7-12(20)6-10)17(27)26(19(2,3)4)25-18(28)24-16-9-14(22)13(21)8-15(16)23/h5-9H,1-4H3,(H2,24,25,28).